The van der Waals surface area contributed by atoms with E-state index in [0.717, 1.165) is 38.4 Å². The lowest BCUT2D eigenvalue weighted by Gasteiger charge is -2.55. The van der Waals surface area contributed by atoms with Crippen LogP contribution >= 0.6 is 24.0 Å². The van der Waals surface area contributed by atoms with Crippen molar-refractivity contribution in [2.75, 3.05) is 19.8 Å². The van der Waals surface area contributed by atoms with Crippen LogP contribution < -0.4 is 10.6 Å². The standard InChI is InChI=1S/C20H37N5O3.HI/c1-7-20(8-2)15(12-16(20)27-11-5)23-19(21-9-3)22-13-17-24-18(25-28-17)14(6)26-10-4;/h14-16H,7-13H2,1-6H3,(H2,21,22,23);1H. The first kappa shape index (κ1) is 26.1. The second-order valence-electron chi connectivity index (χ2n) is 7.16. The molecule has 0 aromatic carbocycles. The van der Waals surface area contributed by atoms with Crippen molar-refractivity contribution in [1.29, 1.82) is 0 Å². The van der Waals surface area contributed by atoms with Crippen LogP contribution in [0.4, 0.5) is 0 Å². The monoisotopic (exact) mass is 523 g/mol. The Hall–Kier alpha value is -0.940. The maximum atomic E-state index is 5.98. The Bertz CT molecular complexity index is 621. The zero-order valence-corrected chi connectivity index (χ0v) is 21.0. The average molecular weight is 523 g/mol. The number of nitrogens with one attached hydrogen (secondary N) is 2. The van der Waals surface area contributed by atoms with Gasteiger partial charge in [0.25, 0.3) is 0 Å². The molecule has 1 aromatic heterocycles. The molecule has 2 N–H and O–H groups in total. The molecule has 3 unspecified atom stereocenters. The van der Waals surface area contributed by atoms with Gasteiger partial charge >= 0.3 is 0 Å². The molecule has 1 aliphatic rings. The zero-order valence-electron chi connectivity index (χ0n) is 18.7. The van der Waals surface area contributed by atoms with Crippen LogP contribution in [0.1, 0.15) is 78.6 Å². The Morgan fingerprint density at radius 1 is 1.24 bits per heavy atom. The molecule has 0 bridgehead atoms. The molecular formula is C20H38IN5O3. The molecule has 0 saturated heterocycles. The van der Waals surface area contributed by atoms with Crippen LogP contribution in [0.15, 0.2) is 9.52 Å². The van der Waals surface area contributed by atoms with Crippen LogP contribution in [0.3, 0.4) is 0 Å². The number of aromatic nitrogens is 2. The topological polar surface area (TPSA) is 93.8 Å². The normalized spacial score (nSPS) is 21.8. The van der Waals surface area contributed by atoms with Crippen LogP contribution in [-0.4, -0.2) is 48.0 Å². The van der Waals surface area contributed by atoms with Crippen LogP contribution in [0, 0.1) is 5.41 Å². The highest BCUT2D eigenvalue weighted by Crippen LogP contribution is 2.48. The average Bonchev–Trinajstić information content (AvgIpc) is 3.15. The van der Waals surface area contributed by atoms with E-state index in [9.17, 15) is 0 Å². The summed E-state index contributed by atoms with van der Waals surface area (Å²) >= 11 is 0. The SMILES string of the molecule is CCNC(=NCc1nc(C(C)OCC)no1)NC1CC(OCC)C1(CC)CC.I. The summed E-state index contributed by atoms with van der Waals surface area (Å²) in [7, 11) is 0. The number of guanidine groups is 1. The summed E-state index contributed by atoms with van der Waals surface area (Å²) in [6.45, 7) is 14.9. The van der Waals surface area contributed by atoms with E-state index in [1.165, 1.54) is 0 Å². The van der Waals surface area contributed by atoms with Gasteiger partial charge in [-0.3, -0.25) is 0 Å². The summed E-state index contributed by atoms with van der Waals surface area (Å²) in [5, 5.41) is 10.9. The lowest BCUT2D eigenvalue weighted by Crippen LogP contribution is -2.65. The maximum Gasteiger partial charge on any atom is 0.248 e. The molecule has 3 atom stereocenters. The van der Waals surface area contributed by atoms with Crippen LogP contribution in [0.2, 0.25) is 0 Å². The molecule has 0 amide bonds. The van der Waals surface area contributed by atoms with Crippen molar-refractivity contribution in [2.24, 2.45) is 10.4 Å². The molecule has 1 saturated carbocycles. The van der Waals surface area contributed by atoms with E-state index in [1.807, 2.05) is 13.8 Å². The Morgan fingerprint density at radius 3 is 2.55 bits per heavy atom. The third-order valence-electron chi connectivity index (χ3n) is 5.76. The molecule has 0 spiro atoms. The van der Waals surface area contributed by atoms with E-state index < -0.39 is 0 Å². The fourth-order valence-electron chi connectivity index (χ4n) is 4.04. The van der Waals surface area contributed by atoms with E-state index in [4.69, 9.17) is 14.0 Å². The Kier molecular flexibility index (Phi) is 11.4. The molecule has 8 nitrogen and oxygen atoms in total. The maximum absolute atomic E-state index is 5.98. The second-order valence-corrected chi connectivity index (χ2v) is 7.16. The first-order chi connectivity index (χ1) is 13.5. The summed E-state index contributed by atoms with van der Waals surface area (Å²) in [6.07, 6.45) is 3.28. The van der Waals surface area contributed by atoms with Crippen molar-refractivity contribution < 1.29 is 14.0 Å². The molecule has 1 aromatic rings. The van der Waals surface area contributed by atoms with Crippen molar-refractivity contribution in [1.82, 2.24) is 20.8 Å². The van der Waals surface area contributed by atoms with Gasteiger partial charge in [0.2, 0.25) is 5.89 Å². The predicted octanol–water partition coefficient (Wildman–Crippen LogP) is 3.82. The van der Waals surface area contributed by atoms with E-state index in [2.05, 4.69) is 53.5 Å². The van der Waals surface area contributed by atoms with Gasteiger partial charge in [-0.1, -0.05) is 19.0 Å². The predicted molar refractivity (Wildman–Crippen MR) is 125 cm³/mol. The number of rotatable bonds is 11. The summed E-state index contributed by atoms with van der Waals surface area (Å²) in [5.74, 6) is 1.81. The van der Waals surface area contributed by atoms with Crippen molar-refractivity contribution in [3.63, 3.8) is 0 Å². The molecule has 1 fully saturated rings. The molecule has 168 valence electrons. The van der Waals surface area contributed by atoms with E-state index in [0.29, 0.717) is 37.0 Å². The zero-order chi connectivity index (χ0) is 20.6. The minimum absolute atomic E-state index is 0. The van der Waals surface area contributed by atoms with Crippen LogP contribution in [0.25, 0.3) is 0 Å². The number of hydrogen-bond donors (Lipinski definition) is 2. The van der Waals surface area contributed by atoms with E-state index in [1.54, 1.807) is 0 Å². The number of halogens is 1. The lowest BCUT2D eigenvalue weighted by molar-refractivity contribution is -0.133. The fraction of sp³-hybridized carbons (Fsp3) is 0.850. The third kappa shape index (κ3) is 6.27. The minimum atomic E-state index is -0.182. The van der Waals surface area contributed by atoms with Crippen molar-refractivity contribution in [2.45, 2.75) is 85.6 Å². The van der Waals surface area contributed by atoms with Gasteiger partial charge < -0.3 is 24.6 Å². The van der Waals surface area contributed by atoms with Crippen molar-refractivity contribution in [3.05, 3.63) is 11.7 Å². The summed E-state index contributed by atoms with van der Waals surface area (Å²) in [5.41, 5.74) is 0.150. The Morgan fingerprint density at radius 2 is 1.97 bits per heavy atom. The lowest BCUT2D eigenvalue weighted by atomic mass is 9.58. The Labute approximate surface area is 192 Å². The summed E-state index contributed by atoms with van der Waals surface area (Å²) < 4.78 is 16.8. The molecule has 2 rings (SSSR count). The van der Waals surface area contributed by atoms with Crippen LogP contribution in [0.5, 0.6) is 0 Å². The molecule has 9 heteroatoms. The smallest absolute Gasteiger partial charge is 0.248 e. The molecule has 1 heterocycles. The fourth-order valence-corrected chi connectivity index (χ4v) is 4.04. The van der Waals surface area contributed by atoms with Gasteiger partial charge in [-0.15, -0.1) is 24.0 Å². The molecule has 1 aliphatic carbocycles. The number of nitrogens with zero attached hydrogens (tertiary/aromatic N) is 3. The van der Waals surface area contributed by atoms with Gasteiger partial charge in [0.05, 0.1) is 6.10 Å². The van der Waals surface area contributed by atoms with Crippen molar-refractivity contribution >= 4 is 29.9 Å². The van der Waals surface area contributed by atoms with Gasteiger partial charge in [0.15, 0.2) is 11.8 Å². The second kappa shape index (κ2) is 12.7. The quantitative estimate of drug-likeness (QED) is 0.259. The third-order valence-corrected chi connectivity index (χ3v) is 5.76. The first-order valence-electron chi connectivity index (χ1n) is 10.6. The van der Waals surface area contributed by atoms with Crippen molar-refractivity contribution in [3.8, 4) is 0 Å². The Balaban J connectivity index is 0.00000420. The molecular weight excluding hydrogens is 485 g/mol. The van der Waals surface area contributed by atoms with Gasteiger partial charge in [-0.2, -0.15) is 4.98 Å². The first-order valence-corrected chi connectivity index (χ1v) is 10.6. The van der Waals surface area contributed by atoms with E-state index >= 15 is 0 Å². The van der Waals surface area contributed by atoms with Crippen LogP contribution in [-0.2, 0) is 16.0 Å². The highest BCUT2D eigenvalue weighted by atomic mass is 127. The summed E-state index contributed by atoms with van der Waals surface area (Å²) in [4.78, 5) is 9.03. The molecule has 0 radical (unpaired) electrons. The highest BCUT2D eigenvalue weighted by Gasteiger charge is 2.53. The van der Waals surface area contributed by atoms with E-state index in [-0.39, 0.29) is 35.5 Å². The van der Waals surface area contributed by atoms with Gasteiger partial charge in [0, 0.05) is 31.2 Å². The van der Waals surface area contributed by atoms with Gasteiger partial charge in [-0.25, -0.2) is 4.99 Å². The number of aliphatic imine (C=N–C) groups is 1. The minimum Gasteiger partial charge on any atom is -0.378 e. The largest absolute Gasteiger partial charge is 0.378 e. The van der Waals surface area contributed by atoms with Gasteiger partial charge in [-0.05, 0) is 47.0 Å². The highest BCUT2D eigenvalue weighted by molar-refractivity contribution is 14.0. The number of ether oxygens (including phenoxy) is 2. The molecule has 29 heavy (non-hydrogen) atoms. The van der Waals surface area contributed by atoms with Gasteiger partial charge in [0.1, 0.15) is 12.6 Å². The summed E-state index contributed by atoms with van der Waals surface area (Å²) in [6, 6.07) is 0.341. The molecule has 0 aliphatic heterocycles. The number of hydrogen-bond acceptors (Lipinski definition) is 6.